The fraction of sp³-hybridized carbons (Fsp3) is 0.400. The summed E-state index contributed by atoms with van der Waals surface area (Å²) in [5, 5.41) is 0. The van der Waals surface area contributed by atoms with Gasteiger partial charge in [-0.3, -0.25) is 0 Å². The molecule has 78 valence electrons. The van der Waals surface area contributed by atoms with Crippen molar-refractivity contribution in [2.45, 2.75) is 13.8 Å². The van der Waals surface area contributed by atoms with Gasteiger partial charge in [-0.15, -0.1) is 0 Å². The molecule has 0 atom stereocenters. The highest BCUT2D eigenvalue weighted by molar-refractivity contribution is 6.29. The molecule has 0 aliphatic rings. The first-order chi connectivity index (χ1) is 6.43. The zero-order valence-electron chi connectivity index (χ0n) is 8.46. The van der Waals surface area contributed by atoms with Gasteiger partial charge < -0.3 is 9.47 Å². The maximum absolute atomic E-state index is 10.9. The van der Waals surface area contributed by atoms with Crippen molar-refractivity contribution in [3.05, 3.63) is 24.3 Å². The highest BCUT2D eigenvalue weighted by Gasteiger charge is 2.16. The molecule has 0 aromatic heterocycles. The second kappa shape index (κ2) is 5.96. The van der Waals surface area contributed by atoms with E-state index in [-0.39, 0.29) is 13.2 Å². The van der Waals surface area contributed by atoms with E-state index in [1.165, 1.54) is 0 Å². The number of carbonyl (C=O) groups excluding carboxylic acids is 2. The molecule has 0 heterocycles. The number of hydrogen-bond donors (Lipinski definition) is 0. The van der Waals surface area contributed by atoms with Gasteiger partial charge in [-0.1, -0.05) is 13.2 Å². The molecule has 4 nitrogen and oxygen atoms in total. The molecule has 0 aromatic rings. The summed E-state index contributed by atoms with van der Waals surface area (Å²) in [5.41, 5.74) is 1.32. The molecular formula is C10H14O4. The third-order valence-corrected chi connectivity index (χ3v) is 1.07. The molecule has 0 amide bonds. The van der Waals surface area contributed by atoms with Gasteiger partial charge in [-0.2, -0.15) is 0 Å². The largest absolute Gasteiger partial charge is 0.453 e. The van der Waals surface area contributed by atoms with Gasteiger partial charge in [0.2, 0.25) is 0 Å². The van der Waals surface area contributed by atoms with Crippen LogP contribution in [0.2, 0.25) is 0 Å². The standard InChI is InChI=1S/C10H14O4/c1-7(2)5-13-9(11)10(12)14-6-8(3)4/h1,3,5-6H2,2,4H3. The normalized spacial score (nSPS) is 9.00. The number of hydrogen-bond acceptors (Lipinski definition) is 4. The number of ether oxygens (including phenoxy) is 2. The van der Waals surface area contributed by atoms with Crippen LogP contribution in [0.5, 0.6) is 0 Å². The Kier molecular flexibility index (Phi) is 5.29. The van der Waals surface area contributed by atoms with E-state index < -0.39 is 11.9 Å². The fourth-order valence-corrected chi connectivity index (χ4v) is 0.495. The van der Waals surface area contributed by atoms with Crippen molar-refractivity contribution in [1.29, 1.82) is 0 Å². The van der Waals surface area contributed by atoms with E-state index in [1.54, 1.807) is 13.8 Å². The lowest BCUT2D eigenvalue weighted by Crippen LogP contribution is -2.21. The summed E-state index contributed by atoms with van der Waals surface area (Å²) in [6.07, 6.45) is 0. The molecule has 0 aliphatic heterocycles. The Balaban J connectivity index is 3.82. The van der Waals surface area contributed by atoms with Gasteiger partial charge in [-0.05, 0) is 25.0 Å². The number of esters is 2. The Hall–Kier alpha value is -1.58. The van der Waals surface area contributed by atoms with Crippen molar-refractivity contribution >= 4 is 11.9 Å². The maximum Gasteiger partial charge on any atom is 0.417 e. The lowest BCUT2D eigenvalue weighted by molar-refractivity contribution is -0.166. The average Bonchev–Trinajstić information content (AvgIpc) is 2.09. The van der Waals surface area contributed by atoms with Crippen LogP contribution in [0.3, 0.4) is 0 Å². The summed E-state index contributed by atoms with van der Waals surface area (Å²) >= 11 is 0. The first kappa shape index (κ1) is 12.4. The summed E-state index contributed by atoms with van der Waals surface area (Å²) in [4.78, 5) is 21.8. The van der Waals surface area contributed by atoms with E-state index in [2.05, 4.69) is 22.6 Å². The van der Waals surface area contributed by atoms with Crippen LogP contribution in [0, 0.1) is 0 Å². The van der Waals surface area contributed by atoms with Crippen LogP contribution in [0.4, 0.5) is 0 Å². The zero-order valence-corrected chi connectivity index (χ0v) is 8.46. The topological polar surface area (TPSA) is 52.6 Å². The predicted molar refractivity (Wildman–Crippen MR) is 51.5 cm³/mol. The molecule has 0 spiro atoms. The monoisotopic (exact) mass is 198 g/mol. The molecule has 0 saturated heterocycles. The molecule has 4 heteroatoms. The Morgan fingerprint density at radius 3 is 1.43 bits per heavy atom. The van der Waals surface area contributed by atoms with Crippen LogP contribution in [0.25, 0.3) is 0 Å². The lowest BCUT2D eigenvalue weighted by Gasteiger charge is -2.04. The second-order valence-corrected chi connectivity index (χ2v) is 3.07. The predicted octanol–water partition coefficient (Wildman–Crippen LogP) is 1.22. The molecule has 0 aromatic carbocycles. The molecule has 0 saturated carbocycles. The minimum Gasteiger partial charge on any atom is -0.453 e. The quantitative estimate of drug-likeness (QED) is 0.387. The van der Waals surface area contributed by atoms with Crippen LogP contribution < -0.4 is 0 Å². The summed E-state index contributed by atoms with van der Waals surface area (Å²) < 4.78 is 9.11. The van der Waals surface area contributed by atoms with Gasteiger partial charge in [0.25, 0.3) is 0 Å². The first-order valence-corrected chi connectivity index (χ1v) is 4.06. The van der Waals surface area contributed by atoms with E-state index in [9.17, 15) is 9.59 Å². The van der Waals surface area contributed by atoms with Crippen LogP contribution in [-0.4, -0.2) is 25.2 Å². The fourth-order valence-electron chi connectivity index (χ4n) is 0.495. The SMILES string of the molecule is C=C(C)COC(=O)C(=O)OCC(=C)C. The molecule has 0 aliphatic carbocycles. The van der Waals surface area contributed by atoms with E-state index in [1.807, 2.05) is 0 Å². The molecule has 0 radical (unpaired) electrons. The van der Waals surface area contributed by atoms with Crippen LogP contribution in [0.1, 0.15) is 13.8 Å². The second-order valence-electron chi connectivity index (χ2n) is 3.07. The highest BCUT2D eigenvalue weighted by Crippen LogP contribution is 1.93. The molecule has 0 unspecified atom stereocenters. The van der Waals surface area contributed by atoms with Crippen molar-refractivity contribution in [3.63, 3.8) is 0 Å². The molecule has 0 bridgehead atoms. The zero-order chi connectivity index (χ0) is 11.1. The van der Waals surface area contributed by atoms with E-state index in [4.69, 9.17) is 0 Å². The number of carbonyl (C=O) groups is 2. The lowest BCUT2D eigenvalue weighted by atomic mass is 10.4. The number of rotatable bonds is 4. The van der Waals surface area contributed by atoms with Crippen molar-refractivity contribution in [2.24, 2.45) is 0 Å². The summed E-state index contributed by atoms with van der Waals surface area (Å²) in [5.74, 6) is -2.01. The Morgan fingerprint density at radius 2 is 1.21 bits per heavy atom. The van der Waals surface area contributed by atoms with Gasteiger partial charge in [0.05, 0.1) is 0 Å². The summed E-state index contributed by atoms with van der Waals surface area (Å²) in [7, 11) is 0. The van der Waals surface area contributed by atoms with Crippen molar-refractivity contribution in [1.82, 2.24) is 0 Å². The van der Waals surface area contributed by atoms with Gasteiger partial charge in [0, 0.05) is 0 Å². The Morgan fingerprint density at radius 1 is 0.929 bits per heavy atom. The third-order valence-electron chi connectivity index (χ3n) is 1.07. The van der Waals surface area contributed by atoms with Gasteiger partial charge >= 0.3 is 11.9 Å². The summed E-state index contributed by atoms with van der Waals surface area (Å²) in [6, 6.07) is 0. The highest BCUT2D eigenvalue weighted by atomic mass is 16.6. The van der Waals surface area contributed by atoms with E-state index in [0.29, 0.717) is 11.1 Å². The maximum atomic E-state index is 10.9. The van der Waals surface area contributed by atoms with Gasteiger partial charge in [0.1, 0.15) is 13.2 Å². The van der Waals surface area contributed by atoms with E-state index in [0.717, 1.165) is 0 Å². The first-order valence-electron chi connectivity index (χ1n) is 4.06. The molecule has 14 heavy (non-hydrogen) atoms. The van der Waals surface area contributed by atoms with Crippen LogP contribution in [0.15, 0.2) is 24.3 Å². The minimum atomic E-state index is -1.01. The molecule has 0 fully saturated rings. The molecular weight excluding hydrogens is 184 g/mol. The molecule has 0 rings (SSSR count). The summed E-state index contributed by atoms with van der Waals surface area (Å²) in [6.45, 7) is 10.5. The van der Waals surface area contributed by atoms with Gasteiger partial charge in [0.15, 0.2) is 0 Å². The average molecular weight is 198 g/mol. The van der Waals surface area contributed by atoms with Crippen molar-refractivity contribution in [2.75, 3.05) is 13.2 Å². The Bertz CT molecular complexity index is 237. The van der Waals surface area contributed by atoms with Crippen LogP contribution in [-0.2, 0) is 19.1 Å². The minimum absolute atomic E-state index is 0.0288. The third kappa shape index (κ3) is 5.99. The smallest absolute Gasteiger partial charge is 0.417 e. The van der Waals surface area contributed by atoms with Crippen molar-refractivity contribution < 1.29 is 19.1 Å². The molecule has 0 N–H and O–H groups in total. The van der Waals surface area contributed by atoms with Gasteiger partial charge in [-0.25, -0.2) is 9.59 Å². The van der Waals surface area contributed by atoms with Crippen LogP contribution >= 0.6 is 0 Å². The Labute approximate surface area is 83.2 Å². The van der Waals surface area contributed by atoms with E-state index >= 15 is 0 Å². The van der Waals surface area contributed by atoms with Crippen molar-refractivity contribution in [3.8, 4) is 0 Å².